The molecule has 1 aromatic carbocycles. The molecule has 0 saturated carbocycles. The molecule has 0 bridgehead atoms. The van der Waals surface area contributed by atoms with E-state index >= 15 is 0 Å². The summed E-state index contributed by atoms with van der Waals surface area (Å²) < 4.78 is 41.1. The van der Waals surface area contributed by atoms with Gasteiger partial charge in [-0.25, -0.2) is 14.7 Å². The molecule has 1 fully saturated rings. The van der Waals surface area contributed by atoms with Gasteiger partial charge in [-0.3, -0.25) is 9.48 Å². The minimum Gasteiger partial charge on any atom is -0.507 e. The lowest BCUT2D eigenvalue weighted by molar-refractivity contribution is -0.138. The van der Waals surface area contributed by atoms with Crippen LogP contribution in [0.25, 0.3) is 11.0 Å². The summed E-state index contributed by atoms with van der Waals surface area (Å²) in [5.41, 5.74) is 0.461. The molecule has 2 N–H and O–H groups in total. The van der Waals surface area contributed by atoms with Crippen molar-refractivity contribution in [3.63, 3.8) is 0 Å². The van der Waals surface area contributed by atoms with Crippen LogP contribution in [0.15, 0.2) is 24.4 Å². The number of fused-ring (bicyclic) bond motifs is 1. The van der Waals surface area contributed by atoms with Crippen LogP contribution in [0, 0.1) is 6.92 Å². The third kappa shape index (κ3) is 4.58. The second-order valence-electron chi connectivity index (χ2n) is 8.33. The van der Waals surface area contributed by atoms with Gasteiger partial charge in [0, 0.05) is 38.9 Å². The molecule has 0 atom stereocenters. The van der Waals surface area contributed by atoms with Gasteiger partial charge in [0.2, 0.25) is 6.41 Å². The van der Waals surface area contributed by atoms with Gasteiger partial charge in [-0.05, 0) is 32.2 Å². The highest BCUT2D eigenvalue weighted by Crippen LogP contribution is 2.39. The summed E-state index contributed by atoms with van der Waals surface area (Å²) in [6.45, 7) is 4.55. The Balaban J connectivity index is 1.76. The third-order valence-electron chi connectivity index (χ3n) is 5.94. The first-order valence-corrected chi connectivity index (χ1v) is 10.7. The Hall–Kier alpha value is -3.87. The number of aromatic hydroxyl groups is 1. The van der Waals surface area contributed by atoms with Gasteiger partial charge in [-0.15, -0.1) is 0 Å². The number of amides is 3. The van der Waals surface area contributed by atoms with Gasteiger partial charge in [0.15, 0.2) is 5.65 Å². The number of hydrogen-bond donors (Lipinski definition) is 2. The number of rotatable bonds is 4. The molecule has 0 radical (unpaired) electrons. The number of benzene rings is 1. The Morgan fingerprint density at radius 3 is 2.51 bits per heavy atom. The zero-order valence-electron chi connectivity index (χ0n) is 19.3. The molecule has 1 saturated heterocycles. The van der Waals surface area contributed by atoms with Crippen LogP contribution >= 0.6 is 0 Å². The van der Waals surface area contributed by atoms with Crippen LogP contribution in [0.1, 0.15) is 11.3 Å². The number of imide groups is 1. The fraction of sp³-hybridized carbons (Fsp3) is 0.364. The topological polar surface area (TPSA) is 107 Å². The number of likely N-dealkylation sites (N-methyl/N-ethyl adjacent to an activating group) is 1. The number of hydrogen-bond acceptors (Lipinski definition) is 7. The number of carbonyl (C=O) groups is 2. The Bertz CT molecular complexity index is 1280. The summed E-state index contributed by atoms with van der Waals surface area (Å²) >= 11 is 0. The normalized spacial score (nSPS) is 14.9. The van der Waals surface area contributed by atoms with Crippen LogP contribution in [0.2, 0.25) is 0 Å². The maximum Gasteiger partial charge on any atom is 0.420 e. The predicted octanol–water partition coefficient (Wildman–Crippen LogP) is 2.95. The third-order valence-corrected chi connectivity index (χ3v) is 5.94. The van der Waals surface area contributed by atoms with Crippen molar-refractivity contribution in [3.05, 3.63) is 35.7 Å². The highest BCUT2D eigenvalue weighted by atomic mass is 19.4. The summed E-state index contributed by atoms with van der Waals surface area (Å²) in [7, 11) is 3.73. The number of alkyl halides is 3. The van der Waals surface area contributed by atoms with Gasteiger partial charge in [0.05, 0.1) is 34.2 Å². The quantitative estimate of drug-likeness (QED) is 0.427. The van der Waals surface area contributed by atoms with E-state index in [4.69, 9.17) is 0 Å². The molecule has 3 amide bonds. The first-order valence-electron chi connectivity index (χ1n) is 10.7. The van der Waals surface area contributed by atoms with Crippen LogP contribution in [0.4, 0.5) is 35.0 Å². The van der Waals surface area contributed by atoms with Crippen LogP contribution in [-0.4, -0.2) is 70.4 Å². The molecule has 13 heteroatoms. The van der Waals surface area contributed by atoms with Gasteiger partial charge < -0.3 is 20.2 Å². The predicted molar refractivity (Wildman–Crippen MR) is 124 cm³/mol. The van der Waals surface area contributed by atoms with E-state index < -0.39 is 23.5 Å². The molecule has 0 aliphatic carbocycles. The summed E-state index contributed by atoms with van der Waals surface area (Å²) in [5, 5.41) is 16.9. The zero-order chi connectivity index (χ0) is 25.5. The first-order chi connectivity index (χ1) is 16.5. The van der Waals surface area contributed by atoms with Crippen molar-refractivity contribution in [2.75, 3.05) is 48.3 Å². The number of phenols is 1. The van der Waals surface area contributed by atoms with Crippen molar-refractivity contribution < 1.29 is 27.9 Å². The number of pyridine rings is 1. The number of phenolic OH excluding ortho intramolecular Hbond substituents is 1. The summed E-state index contributed by atoms with van der Waals surface area (Å²) in [5.74, 6) is -0.971. The van der Waals surface area contributed by atoms with E-state index in [1.54, 1.807) is 18.7 Å². The number of aryl methyl sites for hydroxylation is 2. The van der Waals surface area contributed by atoms with E-state index in [-0.39, 0.29) is 17.8 Å². The van der Waals surface area contributed by atoms with Gasteiger partial charge in [-0.2, -0.15) is 18.3 Å². The number of piperazine rings is 1. The Morgan fingerprint density at radius 1 is 1.20 bits per heavy atom. The van der Waals surface area contributed by atoms with E-state index in [0.717, 1.165) is 30.1 Å². The molecular formula is C22H24F3N7O3. The second kappa shape index (κ2) is 9.06. The summed E-state index contributed by atoms with van der Waals surface area (Å²) in [6, 6.07) is 1.56. The molecule has 186 valence electrons. The maximum absolute atomic E-state index is 13.2. The zero-order valence-corrected chi connectivity index (χ0v) is 19.3. The van der Waals surface area contributed by atoms with Crippen molar-refractivity contribution in [1.82, 2.24) is 19.7 Å². The average Bonchev–Trinajstić information content (AvgIpc) is 3.09. The molecule has 10 nitrogen and oxygen atoms in total. The van der Waals surface area contributed by atoms with Crippen molar-refractivity contribution in [2.24, 2.45) is 7.05 Å². The molecule has 1 aliphatic heterocycles. The van der Waals surface area contributed by atoms with Crippen LogP contribution in [0.3, 0.4) is 0 Å². The molecule has 1 aliphatic rings. The summed E-state index contributed by atoms with van der Waals surface area (Å²) in [4.78, 5) is 34.5. The van der Waals surface area contributed by atoms with Gasteiger partial charge in [0.1, 0.15) is 5.75 Å². The highest BCUT2D eigenvalue weighted by Gasteiger charge is 2.34. The number of aromatic nitrogens is 3. The lowest BCUT2D eigenvalue weighted by Gasteiger charge is -2.36. The lowest BCUT2D eigenvalue weighted by Crippen LogP contribution is -2.45. The first kappa shape index (κ1) is 24.3. The van der Waals surface area contributed by atoms with E-state index in [0.29, 0.717) is 41.6 Å². The van der Waals surface area contributed by atoms with Crippen molar-refractivity contribution in [1.29, 1.82) is 0 Å². The van der Waals surface area contributed by atoms with Crippen LogP contribution in [-0.2, 0) is 18.0 Å². The average molecular weight is 491 g/mol. The number of nitrogens with zero attached hydrogens (tertiary/aromatic N) is 6. The number of anilines is 3. The fourth-order valence-corrected chi connectivity index (χ4v) is 4.15. The number of carbonyl (C=O) groups excluding carboxylic acids is 2. The maximum atomic E-state index is 13.2. The lowest BCUT2D eigenvalue weighted by atomic mass is 10.1. The molecule has 35 heavy (non-hydrogen) atoms. The van der Waals surface area contributed by atoms with Gasteiger partial charge >= 0.3 is 12.2 Å². The van der Waals surface area contributed by atoms with E-state index in [1.165, 1.54) is 6.20 Å². The number of nitrogens with one attached hydrogen (secondary N) is 1. The van der Waals surface area contributed by atoms with Gasteiger partial charge in [0.25, 0.3) is 0 Å². The Morgan fingerprint density at radius 2 is 1.89 bits per heavy atom. The Kier molecular flexibility index (Phi) is 6.28. The Labute approximate surface area is 198 Å². The van der Waals surface area contributed by atoms with E-state index in [1.807, 2.05) is 11.9 Å². The van der Waals surface area contributed by atoms with Crippen LogP contribution < -0.4 is 15.1 Å². The molecule has 0 spiro atoms. The number of urea groups is 1. The summed E-state index contributed by atoms with van der Waals surface area (Å²) in [6.07, 6.45) is -3.16. The van der Waals surface area contributed by atoms with E-state index in [9.17, 15) is 27.9 Å². The molecule has 3 aromatic rings. The highest BCUT2D eigenvalue weighted by molar-refractivity contribution is 6.16. The monoisotopic (exact) mass is 491 g/mol. The SMILES string of the molecule is Cc1nn(C)c2ncc(N(C=O)C(=O)Nc3ccc(O)c(C(F)(F)F)c3)c(N3CCN(C)CC3)c12. The molecule has 3 heterocycles. The smallest absolute Gasteiger partial charge is 0.420 e. The molecular weight excluding hydrogens is 467 g/mol. The van der Waals surface area contributed by atoms with Crippen molar-refractivity contribution in [3.8, 4) is 5.75 Å². The number of halogens is 3. The molecule has 2 aromatic heterocycles. The largest absolute Gasteiger partial charge is 0.507 e. The molecule has 4 rings (SSSR count). The van der Waals surface area contributed by atoms with Crippen molar-refractivity contribution in [2.45, 2.75) is 13.1 Å². The molecule has 0 unspecified atom stereocenters. The van der Waals surface area contributed by atoms with Gasteiger partial charge in [-0.1, -0.05) is 0 Å². The second-order valence-corrected chi connectivity index (χ2v) is 8.33. The minimum atomic E-state index is -4.82. The minimum absolute atomic E-state index is 0.181. The standard InChI is InChI=1S/C22H24F3N7O3/c1-13-18-19(31-8-6-29(2)7-9-31)16(11-26-20(18)30(3)28-13)32(12-33)21(35)27-14-4-5-17(34)15(10-14)22(23,24)25/h4-5,10-12,34H,6-9H2,1-3H3,(H,27,35). The van der Waals surface area contributed by atoms with Crippen LogP contribution in [0.5, 0.6) is 5.75 Å². The fourth-order valence-electron chi connectivity index (χ4n) is 4.15. The van der Waals surface area contributed by atoms with E-state index in [2.05, 4.69) is 20.3 Å². The van der Waals surface area contributed by atoms with Crippen molar-refractivity contribution >= 4 is 40.5 Å².